The number of hydrogen-bond donors (Lipinski definition) is 3. The van der Waals surface area contributed by atoms with Crippen LogP contribution in [-0.2, 0) is 12.0 Å². The molecule has 0 spiro atoms. The molecule has 0 atom stereocenters. The maximum Gasteiger partial charge on any atom is 0.258 e. The van der Waals surface area contributed by atoms with Crippen LogP contribution in [0.3, 0.4) is 0 Å². The number of nitrogens with zero attached hydrogens (tertiary/aromatic N) is 1. The molecule has 5 N–H and O–H groups in total. The summed E-state index contributed by atoms with van der Waals surface area (Å²) in [5.41, 5.74) is 21.2. The van der Waals surface area contributed by atoms with Crippen molar-refractivity contribution >= 4 is 45.0 Å². The number of nitrogens with two attached hydrogens (primary N) is 2. The smallest absolute Gasteiger partial charge is 0.258 e. The number of aromatic amines is 1. The monoisotopic (exact) mass is 502 g/mol. The molecule has 0 aliphatic carbocycles. The largest absolute Gasteiger partial charge is 0.399 e. The van der Waals surface area contributed by atoms with Crippen LogP contribution in [0.15, 0.2) is 66.7 Å². The predicted molar refractivity (Wildman–Crippen MR) is 155 cm³/mol. The fourth-order valence-electron chi connectivity index (χ4n) is 5.65. The van der Waals surface area contributed by atoms with Gasteiger partial charge in [-0.15, -0.1) is 0 Å². The molecule has 38 heavy (non-hydrogen) atoms. The highest BCUT2D eigenvalue weighted by Crippen LogP contribution is 2.41. The van der Waals surface area contributed by atoms with Gasteiger partial charge in [-0.25, -0.2) is 0 Å². The van der Waals surface area contributed by atoms with Crippen molar-refractivity contribution in [3.8, 4) is 11.1 Å². The summed E-state index contributed by atoms with van der Waals surface area (Å²) in [6.07, 6.45) is 0. The molecular weight excluding hydrogens is 472 g/mol. The average Bonchev–Trinajstić information content (AvgIpc) is 3.40. The second-order valence-electron chi connectivity index (χ2n) is 11.2. The van der Waals surface area contributed by atoms with Gasteiger partial charge in [-0.05, 0) is 70.5 Å². The lowest BCUT2D eigenvalue weighted by molar-refractivity contribution is 0.0990. The van der Waals surface area contributed by atoms with Crippen molar-refractivity contribution in [3.63, 3.8) is 0 Å². The van der Waals surface area contributed by atoms with Gasteiger partial charge in [0.05, 0.1) is 17.6 Å². The molecule has 1 aliphatic heterocycles. The molecule has 190 valence electrons. The van der Waals surface area contributed by atoms with Gasteiger partial charge in [-0.3, -0.25) is 9.59 Å². The fraction of sp³-hybridized carbons (Fsp3) is 0.188. The maximum absolute atomic E-state index is 13.5. The van der Waals surface area contributed by atoms with Gasteiger partial charge < -0.3 is 21.4 Å². The van der Waals surface area contributed by atoms with Gasteiger partial charge in [0, 0.05) is 33.2 Å². The van der Waals surface area contributed by atoms with Gasteiger partial charge in [0.2, 0.25) is 0 Å². The summed E-state index contributed by atoms with van der Waals surface area (Å²) >= 11 is 0. The van der Waals surface area contributed by atoms with Gasteiger partial charge >= 0.3 is 0 Å². The molecule has 2 heterocycles. The number of amides is 2. The number of aromatic nitrogens is 1. The molecule has 1 aromatic heterocycles. The van der Waals surface area contributed by atoms with Gasteiger partial charge in [-0.2, -0.15) is 0 Å². The fourth-order valence-corrected chi connectivity index (χ4v) is 5.65. The Morgan fingerprint density at radius 3 is 2.45 bits per heavy atom. The summed E-state index contributed by atoms with van der Waals surface area (Å²) in [5, 5.41) is 1.86. The second-order valence-corrected chi connectivity index (χ2v) is 11.2. The molecule has 6 heteroatoms. The van der Waals surface area contributed by atoms with Gasteiger partial charge in [0.15, 0.2) is 0 Å². The van der Waals surface area contributed by atoms with Gasteiger partial charge in [0.1, 0.15) is 0 Å². The quantitative estimate of drug-likeness (QED) is 0.247. The first kappa shape index (κ1) is 23.8. The predicted octanol–water partition coefficient (Wildman–Crippen LogP) is 6.44. The molecule has 0 saturated heterocycles. The van der Waals surface area contributed by atoms with Crippen LogP contribution in [-0.4, -0.2) is 16.8 Å². The Morgan fingerprint density at radius 1 is 0.947 bits per heavy atom. The SMILES string of the molecule is Cc1c(-c2ccc(C(N)=O)c3[nH]c4cc(N)ccc4c23)cccc1N1Cc2cc(C(C)(C)C)ccc2C1=O. The number of anilines is 2. The standard InChI is InChI=1S/C32H30N4O2/c1-17-21(23-12-13-25(30(34)37)29-28(23)24-11-9-20(33)15-26(24)35-29)6-5-7-27(17)36-16-18-14-19(32(2,3)4)8-10-22(18)31(36)38/h5-15,35H,16,33H2,1-4H3,(H2,34,37). The van der Waals surface area contributed by atoms with Crippen LogP contribution in [0.25, 0.3) is 32.9 Å². The van der Waals surface area contributed by atoms with E-state index in [1.165, 1.54) is 5.56 Å². The number of rotatable bonds is 3. The third kappa shape index (κ3) is 3.56. The first-order valence-corrected chi connectivity index (χ1v) is 12.7. The molecular formula is C32H30N4O2. The molecule has 0 unspecified atom stereocenters. The number of primary amides is 1. The molecule has 2 amide bonds. The number of H-pyrrole nitrogens is 1. The molecule has 4 aromatic carbocycles. The molecule has 0 fully saturated rings. The van der Waals surface area contributed by atoms with Crippen LogP contribution in [0.2, 0.25) is 0 Å². The zero-order valence-electron chi connectivity index (χ0n) is 22.0. The first-order valence-electron chi connectivity index (χ1n) is 12.7. The van der Waals surface area contributed by atoms with Crippen molar-refractivity contribution in [1.82, 2.24) is 4.98 Å². The highest BCUT2D eigenvalue weighted by molar-refractivity contribution is 6.20. The van der Waals surface area contributed by atoms with Crippen LogP contribution in [0.4, 0.5) is 11.4 Å². The normalized spacial score (nSPS) is 13.5. The number of benzene rings is 4. The Hall–Kier alpha value is -4.58. The van der Waals surface area contributed by atoms with E-state index in [1.54, 1.807) is 6.07 Å². The Morgan fingerprint density at radius 2 is 1.71 bits per heavy atom. The lowest BCUT2D eigenvalue weighted by atomic mass is 9.85. The minimum Gasteiger partial charge on any atom is -0.399 e. The molecule has 0 bridgehead atoms. The van der Waals surface area contributed by atoms with Crippen molar-refractivity contribution in [3.05, 3.63) is 94.5 Å². The number of carbonyl (C=O) groups excluding carboxylic acids is 2. The van der Waals surface area contributed by atoms with Gasteiger partial charge in [0.25, 0.3) is 11.8 Å². The minimum atomic E-state index is -0.499. The van der Waals surface area contributed by atoms with E-state index in [9.17, 15) is 9.59 Å². The molecule has 0 radical (unpaired) electrons. The van der Waals surface area contributed by atoms with E-state index in [1.807, 2.05) is 54.3 Å². The second kappa shape index (κ2) is 8.21. The van der Waals surface area contributed by atoms with Crippen LogP contribution in [0, 0.1) is 6.92 Å². The van der Waals surface area contributed by atoms with E-state index < -0.39 is 5.91 Å². The third-order valence-electron chi connectivity index (χ3n) is 7.70. The summed E-state index contributed by atoms with van der Waals surface area (Å²) in [7, 11) is 0. The lowest BCUT2D eigenvalue weighted by Crippen LogP contribution is -2.24. The summed E-state index contributed by atoms with van der Waals surface area (Å²) in [6, 6.07) is 21.6. The highest BCUT2D eigenvalue weighted by Gasteiger charge is 2.31. The Labute approximate surface area is 221 Å². The summed E-state index contributed by atoms with van der Waals surface area (Å²) in [5.74, 6) is -0.487. The topological polar surface area (TPSA) is 105 Å². The lowest BCUT2D eigenvalue weighted by Gasteiger charge is -2.21. The number of hydrogen-bond acceptors (Lipinski definition) is 3. The summed E-state index contributed by atoms with van der Waals surface area (Å²) in [4.78, 5) is 31.0. The number of carbonyl (C=O) groups is 2. The van der Waals surface area contributed by atoms with Crippen LogP contribution >= 0.6 is 0 Å². The van der Waals surface area contributed by atoms with Gasteiger partial charge in [-0.1, -0.05) is 57.2 Å². The first-order chi connectivity index (χ1) is 18.0. The Balaban J connectivity index is 1.51. The van der Waals surface area contributed by atoms with E-state index in [0.717, 1.165) is 49.8 Å². The van der Waals surface area contributed by atoms with Crippen molar-refractivity contribution in [1.29, 1.82) is 0 Å². The van der Waals surface area contributed by atoms with E-state index >= 15 is 0 Å². The molecule has 6 rings (SSSR count). The average molecular weight is 503 g/mol. The number of nitrogens with one attached hydrogen (secondary N) is 1. The molecule has 6 nitrogen and oxygen atoms in total. The van der Waals surface area contributed by atoms with Crippen LogP contribution in [0.1, 0.15) is 58.2 Å². The van der Waals surface area contributed by atoms with Crippen LogP contribution < -0.4 is 16.4 Å². The molecule has 0 saturated carbocycles. The molecule has 1 aliphatic rings. The Kier molecular flexibility index (Phi) is 5.14. The number of nitrogen functional groups attached to an aromatic ring is 1. The van der Waals surface area contributed by atoms with E-state index in [2.05, 4.69) is 44.0 Å². The van der Waals surface area contributed by atoms with Crippen LogP contribution in [0.5, 0.6) is 0 Å². The van der Waals surface area contributed by atoms with E-state index in [-0.39, 0.29) is 11.3 Å². The zero-order chi connectivity index (χ0) is 26.9. The summed E-state index contributed by atoms with van der Waals surface area (Å²) < 4.78 is 0. The zero-order valence-corrected chi connectivity index (χ0v) is 22.0. The summed E-state index contributed by atoms with van der Waals surface area (Å²) in [6.45, 7) is 9.12. The Bertz CT molecular complexity index is 1810. The van der Waals surface area contributed by atoms with E-state index in [4.69, 9.17) is 11.5 Å². The van der Waals surface area contributed by atoms with E-state index in [0.29, 0.717) is 23.3 Å². The third-order valence-corrected chi connectivity index (χ3v) is 7.70. The van der Waals surface area contributed by atoms with Crippen molar-refractivity contribution in [2.75, 3.05) is 10.6 Å². The van der Waals surface area contributed by atoms with Crippen molar-refractivity contribution < 1.29 is 9.59 Å². The minimum absolute atomic E-state index is 0.00771. The maximum atomic E-state index is 13.5. The van der Waals surface area contributed by atoms with Crippen molar-refractivity contribution in [2.45, 2.75) is 39.7 Å². The molecule has 5 aromatic rings. The number of fused-ring (bicyclic) bond motifs is 4. The highest BCUT2D eigenvalue weighted by atomic mass is 16.2. The van der Waals surface area contributed by atoms with Crippen molar-refractivity contribution in [2.24, 2.45) is 5.73 Å².